The lowest BCUT2D eigenvalue weighted by Gasteiger charge is -2.26. The van der Waals surface area contributed by atoms with E-state index in [-0.39, 0.29) is 0 Å². The number of rotatable bonds is 6. The zero-order valence-corrected chi connectivity index (χ0v) is 15.9. The van der Waals surface area contributed by atoms with Gasteiger partial charge in [-0.3, -0.25) is 4.99 Å². The molecule has 0 amide bonds. The van der Waals surface area contributed by atoms with E-state index >= 15 is 0 Å². The van der Waals surface area contributed by atoms with E-state index in [0.29, 0.717) is 5.92 Å². The molecule has 1 aliphatic heterocycles. The highest BCUT2D eigenvalue weighted by Crippen LogP contribution is 2.33. The Labute approximate surface area is 154 Å². The number of hydrogen-bond donors (Lipinski definition) is 1. The van der Waals surface area contributed by atoms with Crippen LogP contribution in [0, 0.1) is 0 Å². The Kier molecular flexibility index (Phi) is 6.34. The van der Waals surface area contributed by atoms with Crippen molar-refractivity contribution in [3.63, 3.8) is 0 Å². The van der Waals surface area contributed by atoms with Gasteiger partial charge in [-0.2, -0.15) is 0 Å². The average molecular weight is 358 g/mol. The summed E-state index contributed by atoms with van der Waals surface area (Å²) in [6.45, 7) is 5.55. The molecule has 0 radical (unpaired) electrons. The van der Waals surface area contributed by atoms with E-state index in [1.165, 1.54) is 10.4 Å². The summed E-state index contributed by atoms with van der Waals surface area (Å²) in [5, 5.41) is 5.56. The normalized spacial score (nSPS) is 16.9. The average Bonchev–Trinajstić information content (AvgIpc) is 3.16. The fourth-order valence-electron chi connectivity index (χ4n) is 3.11. The fourth-order valence-corrected chi connectivity index (χ4v) is 3.81. The molecule has 5 heteroatoms. The minimum atomic E-state index is 0.435. The molecular weight excluding hydrogens is 330 g/mol. The van der Waals surface area contributed by atoms with Gasteiger partial charge in [-0.25, -0.2) is 0 Å². The largest absolute Gasteiger partial charge is 0.493 e. The van der Waals surface area contributed by atoms with Gasteiger partial charge in [0.25, 0.3) is 0 Å². The van der Waals surface area contributed by atoms with E-state index < -0.39 is 0 Å². The van der Waals surface area contributed by atoms with Crippen LogP contribution in [0.25, 0.3) is 0 Å². The van der Waals surface area contributed by atoms with Crippen molar-refractivity contribution in [2.75, 3.05) is 33.3 Å². The molecular formula is C20H27N3OS. The van der Waals surface area contributed by atoms with Gasteiger partial charge in [0.05, 0.1) is 6.61 Å². The third-order valence-electron chi connectivity index (χ3n) is 4.51. The lowest BCUT2D eigenvalue weighted by molar-refractivity contribution is 0.268. The Morgan fingerprint density at radius 3 is 3.00 bits per heavy atom. The van der Waals surface area contributed by atoms with Crippen LogP contribution in [0.5, 0.6) is 5.75 Å². The number of thiophene rings is 1. The molecule has 2 aromatic rings. The molecule has 3 rings (SSSR count). The van der Waals surface area contributed by atoms with Crippen molar-refractivity contribution in [2.24, 2.45) is 4.99 Å². The molecule has 1 aromatic carbocycles. The Hall–Kier alpha value is -2.01. The van der Waals surface area contributed by atoms with E-state index in [1.807, 2.05) is 17.4 Å². The fraction of sp³-hybridized carbons (Fsp3) is 0.450. The van der Waals surface area contributed by atoms with Crippen molar-refractivity contribution in [2.45, 2.75) is 25.7 Å². The molecule has 1 aromatic heterocycles. The molecule has 0 bridgehead atoms. The number of ether oxygens (including phenoxy) is 1. The molecule has 0 saturated heterocycles. The minimum absolute atomic E-state index is 0.435. The Balaban J connectivity index is 1.64. The van der Waals surface area contributed by atoms with Crippen molar-refractivity contribution in [3.8, 4) is 5.75 Å². The first-order chi connectivity index (χ1) is 12.3. The molecule has 0 fully saturated rings. The third-order valence-corrected chi connectivity index (χ3v) is 5.45. The number of guanidine groups is 1. The Bertz CT molecular complexity index is 684. The molecule has 1 unspecified atom stereocenters. The van der Waals surface area contributed by atoms with E-state index in [0.717, 1.165) is 50.8 Å². The van der Waals surface area contributed by atoms with Gasteiger partial charge in [-0.1, -0.05) is 24.3 Å². The number of para-hydroxylation sites is 1. The summed E-state index contributed by atoms with van der Waals surface area (Å²) in [6, 6.07) is 12.7. The summed E-state index contributed by atoms with van der Waals surface area (Å²) in [5.74, 6) is 2.44. The maximum atomic E-state index is 5.76. The lowest BCUT2D eigenvalue weighted by Crippen LogP contribution is -2.40. The molecule has 1 N–H and O–H groups in total. The highest BCUT2D eigenvalue weighted by atomic mass is 32.1. The van der Waals surface area contributed by atoms with Crippen LogP contribution in [-0.2, 0) is 6.42 Å². The molecule has 25 heavy (non-hydrogen) atoms. The number of likely N-dealkylation sites (N-methyl/N-ethyl adjacent to an activating group) is 1. The first kappa shape index (κ1) is 17.8. The zero-order valence-electron chi connectivity index (χ0n) is 15.1. The first-order valence-electron chi connectivity index (χ1n) is 9.01. The standard InChI is InChI=1S/C20H27N3OS/c1-3-21-20(23(2)12-10-17-7-6-14-25-17)22-15-16-11-13-24-19-9-5-4-8-18(16)19/h4-9,14,16H,3,10-13,15H2,1-2H3,(H,21,22). The SMILES string of the molecule is CCNC(=NCC1CCOc2ccccc21)N(C)CCc1cccs1. The highest BCUT2D eigenvalue weighted by molar-refractivity contribution is 7.09. The summed E-state index contributed by atoms with van der Waals surface area (Å²) >= 11 is 1.82. The quantitative estimate of drug-likeness (QED) is 0.632. The van der Waals surface area contributed by atoms with Gasteiger partial charge in [-0.15, -0.1) is 11.3 Å². The summed E-state index contributed by atoms with van der Waals surface area (Å²) < 4.78 is 5.76. The summed E-state index contributed by atoms with van der Waals surface area (Å²) in [5.41, 5.74) is 1.29. The van der Waals surface area contributed by atoms with Crippen molar-refractivity contribution < 1.29 is 4.74 Å². The minimum Gasteiger partial charge on any atom is -0.493 e. The predicted molar refractivity (Wildman–Crippen MR) is 106 cm³/mol. The Morgan fingerprint density at radius 2 is 2.20 bits per heavy atom. The van der Waals surface area contributed by atoms with Gasteiger partial charge in [0.1, 0.15) is 5.75 Å². The summed E-state index contributed by atoms with van der Waals surface area (Å²) in [6.07, 6.45) is 2.08. The smallest absolute Gasteiger partial charge is 0.193 e. The number of benzene rings is 1. The lowest BCUT2D eigenvalue weighted by atomic mass is 9.93. The van der Waals surface area contributed by atoms with Crippen LogP contribution in [0.15, 0.2) is 46.8 Å². The molecule has 0 aliphatic carbocycles. The number of aliphatic imine (C=N–C) groups is 1. The van der Waals surface area contributed by atoms with Crippen molar-refractivity contribution in [1.82, 2.24) is 10.2 Å². The van der Waals surface area contributed by atoms with Crippen molar-refractivity contribution >= 4 is 17.3 Å². The number of nitrogens with one attached hydrogen (secondary N) is 1. The van der Waals surface area contributed by atoms with Crippen LogP contribution >= 0.6 is 11.3 Å². The monoisotopic (exact) mass is 357 g/mol. The second-order valence-corrected chi connectivity index (χ2v) is 7.35. The van der Waals surface area contributed by atoms with Crippen molar-refractivity contribution in [3.05, 3.63) is 52.2 Å². The highest BCUT2D eigenvalue weighted by Gasteiger charge is 2.21. The molecule has 4 nitrogen and oxygen atoms in total. The number of fused-ring (bicyclic) bond motifs is 1. The first-order valence-corrected chi connectivity index (χ1v) is 9.89. The Morgan fingerprint density at radius 1 is 1.32 bits per heavy atom. The molecule has 2 heterocycles. The van der Waals surface area contributed by atoms with Gasteiger partial charge in [0, 0.05) is 37.5 Å². The van der Waals surface area contributed by atoms with Crippen molar-refractivity contribution in [1.29, 1.82) is 0 Å². The predicted octanol–water partition coefficient (Wildman–Crippen LogP) is 3.75. The van der Waals surface area contributed by atoms with Gasteiger partial charge in [0.15, 0.2) is 5.96 Å². The van der Waals surface area contributed by atoms with Gasteiger partial charge < -0.3 is 15.0 Å². The number of hydrogen-bond acceptors (Lipinski definition) is 3. The van der Waals surface area contributed by atoms with Crippen LogP contribution in [0.4, 0.5) is 0 Å². The van der Waals surface area contributed by atoms with E-state index in [4.69, 9.17) is 9.73 Å². The molecule has 1 aliphatic rings. The maximum Gasteiger partial charge on any atom is 0.193 e. The molecule has 134 valence electrons. The van der Waals surface area contributed by atoms with Crippen LogP contribution in [0.2, 0.25) is 0 Å². The zero-order chi connectivity index (χ0) is 17.5. The van der Waals surface area contributed by atoms with Crippen LogP contribution in [0.1, 0.15) is 29.7 Å². The van der Waals surface area contributed by atoms with Gasteiger partial charge >= 0.3 is 0 Å². The molecule has 0 spiro atoms. The van der Waals surface area contributed by atoms with Crippen LogP contribution in [0.3, 0.4) is 0 Å². The third kappa shape index (κ3) is 4.75. The maximum absolute atomic E-state index is 5.76. The molecule has 1 atom stereocenters. The summed E-state index contributed by atoms with van der Waals surface area (Å²) in [4.78, 5) is 8.56. The van der Waals surface area contributed by atoms with E-state index in [2.05, 4.69) is 59.9 Å². The second-order valence-electron chi connectivity index (χ2n) is 6.32. The van der Waals surface area contributed by atoms with E-state index in [9.17, 15) is 0 Å². The van der Waals surface area contributed by atoms with E-state index in [1.54, 1.807) is 0 Å². The summed E-state index contributed by atoms with van der Waals surface area (Å²) in [7, 11) is 2.12. The molecule has 0 saturated carbocycles. The second kappa shape index (κ2) is 8.90. The van der Waals surface area contributed by atoms with Crippen LogP contribution < -0.4 is 10.1 Å². The van der Waals surface area contributed by atoms with Gasteiger partial charge in [-0.05, 0) is 42.8 Å². The number of nitrogens with zero attached hydrogens (tertiary/aromatic N) is 2. The topological polar surface area (TPSA) is 36.9 Å². The van der Waals surface area contributed by atoms with Crippen LogP contribution in [-0.4, -0.2) is 44.1 Å². The van der Waals surface area contributed by atoms with Gasteiger partial charge in [0.2, 0.25) is 0 Å².